The number of carbonyl (C=O) groups is 3. The van der Waals surface area contributed by atoms with Crippen LogP contribution in [0.4, 0.5) is 5.69 Å². The molecule has 0 unspecified atom stereocenters. The van der Waals surface area contributed by atoms with Crippen molar-refractivity contribution in [3.8, 4) is 0 Å². The molecule has 0 aliphatic carbocycles. The van der Waals surface area contributed by atoms with Gasteiger partial charge in [-0.3, -0.25) is 25.2 Å². The minimum absolute atomic E-state index is 0.0942. The van der Waals surface area contributed by atoms with E-state index in [4.69, 9.17) is 4.42 Å². The number of hydrogen-bond acceptors (Lipinski definition) is 4. The fourth-order valence-corrected chi connectivity index (χ4v) is 3.18. The molecule has 27 heavy (non-hydrogen) atoms. The Labute approximate surface area is 157 Å². The number of hydrogen-bond donors (Lipinski definition) is 2. The van der Waals surface area contributed by atoms with Crippen molar-refractivity contribution in [2.45, 2.75) is 32.6 Å². The molecule has 1 fully saturated rings. The highest BCUT2D eigenvalue weighted by molar-refractivity contribution is 6.01. The summed E-state index contributed by atoms with van der Waals surface area (Å²) in [7, 11) is 0. The molecule has 2 atom stereocenters. The number of carbonyl (C=O) groups excluding carboxylic acids is 3. The summed E-state index contributed by atoms with van der Waals surface area (Å²) in [6, 6.07) is 10.9. The molecule has 3 rings (SSSR count). The Balaban J connectivity index is 1.65. The first kappa shape index (κ1) is 18.7. The summed E-state index contributed by atoms with van der Waals surface area (Å²) in [5, 5.41) is 0. The van der Waals surface area contributed by atoms with Crippen LogP contribution < -0.4 is 15.8 Å². The average molecular weight is 369 g/mol. The lowest BCUT2D eigenvalue weighted by Gasteiger charge is -2.23. The number of nitrogens with one attached hydrogen (secondary N) is 2. The summed E-state index contributed by atoms with van der Waals surface area (Å²) in [6.45, 7) is 4.51. The summed E-state index contributed by atoms with van der Waals surface area (Å²) < 4.78 is 4.97. The van der Waals surface area contributed by atoms with Crippen molar-refractivity contribution >= 4 is 23.4 Å². The van der Waals surface area contributed by atoms with E-state index in [0.29, 0.717) is 5.92 Å². The molecule has 7 heteroatoms. The van der Waals surface area contributed by atoms with Gasteiger partial charge in [0, 0.05) is 18.7 Å². The molecule has 0 bridgehead atoms. The molecular weight excluding hydrogens is 346 g/mol. The third-order valence-electron chi connectivity index (χ3n) is 4.91. The molecular formula is C20H23N3O4. The topological polar surface area (TPSA) is 91.7 Å². The number of furan rings is 1. The molecule has 1 aliphatic heterocycles. The standard InChI is InChI=1S/C20H23N3O4/c1-3-13(2)15-7-4-5-8-16(15)23-12-14(11-18(23)24)19(25)21-22-20(26)17-9-6-10-27-17/h4-10,13-14H,3,11-12H2,1-2H3,(H,21,25)(H,22,26)/t13-,14+/m0/s1. The number of nitrogens with zero attached hydrogens (tertiary/aromatic N) is 1. The molecule has 0 spiro atoms. The molecule has 0 saturated carbocycles. The second kappa shape index (κ2) is 8.07. The third-order valence-corrected chi connectivity index (χ3v) is 4.91. The largest absolute Gasteiger partial charge is 0.459 e. The lowest BCUT2D eigenvalue weighted by Crippen LogP contribution is -2.45. The van der Waals surface area contributed by atoms with Gasteiger partial charge in [-0.25, -0.2) is 0 Å². The van der Waals surface area contributed by atoms with Crippen LogP contribution in [0.25, 0.3) is 0 Å². The van der Waals surface area contributed by atoms with Gasteiger partial charge in [0.05, 0.1) is 12.2 Å². The zero-order valence-electron chi connectivity index (χ0n) is 15.4. The Kier molecular flexibility index (Phi) is 5.59. The number of amides is 3. The Morgan fingerprint density at radius 1 is 1.22 bits per heavy atom. The van der Waals surface area contributed by atoms with Crippen LogP contribution in [-0.2, 0) is 9.59 Å². The van der Waals surface area contributed by atoms with Crippen molar-refractivity contribution in [1.29, 1.82) is 0 Å². The number of anilines is 1. The summed E-state index contributed by atoms with van der Waals surface area (Å²) in [5.74, 6) is -1.15. The van der Waals surface area contributed by atoms with Gasteiger partial charge in [-0.15, -0.1) is 0 Å². The molecule has 142 valence electrons. The van der Waals surface area contributed by atoms with E-state index in [1.165, 1.54) is 12.3 Å². The fourth-order valence-electron chi connectivity index (χ4n) is 3.18. The van der Waals surface area contributed by atoms with Crippen LogP contribution in [0.3, 0.4) is 0 Å². The average Bonchev–Trinajstić information content (AvgIpc) is 3.35. The number of benzene rings is 1. The highest BCUT2D eigenvalue weighted by Gasteiger charge is 2.36. The monoisotopic (exact) mass is 369 g/mol. The lowest BCUT2D eigenvalue weighted by atomic mass is 9.96. The van der Waals surface area contributed by atoms with Crippen molar-refractivity contribution in [3.63, 3.8) is 0 Å². The molecule has 1 aliphatic rings. The highest BCUT2D eigenvalue weighted by atomic mass is 16.3. The van der Waals surface area contributed by atoms with Gasteiger partial charge in [0.1, 0.15) is 0 Å². The van der Waals surface area contributed by atoms with Crippen LogP contribution in [0.5, 0.6) is 0 Å². The minimum atomic E-state index is -0.545. The van der Waals surface area contributed by atoms with Gasteiger partial charge in [-0.2, -0.15) is 0 Å². The molecule has 2 N–H and O–H groups in total. The summed E-state index contributed by atoms with van der Waals surface area (Å²) >= 11 is 0. The molecule has 1 saturated heterocycles. The molecule has 1 aromatic heterocycles. The van der Waals surface area contributed by atoms with Gasteiger partial charge in [0.25, 0.3) is 0 Å². The second-order valence-electron chi connectivity index (χ2n) is 6.69. The first-order valence-electron chi connectivity index (χ1n) is 9.04. The van der Waals surface area contributed by atoms with Crippen LogP contribution in [-0.4, -0.2) is 24.3 Å². The van der Waals surface area contributed by atoms with Gasteiger partial charge < -0.3 is 9.32 Å². The number of para-hydroxylation sites is 1. The summed E-state index contributed by atoms with van der Waals surface area (Å²) in [6.07, 6.45) is 2.44. The zero-order valence-corrected chi connectivity index (χ0v) is 15.4. The fraction of sp³-hybridized carbons (Fsp3) is 0.350. The molecule has 3 amide bonds. The van der Waals surface area contributed by atoms with Crippen LogP contribution >= 0.6 is 0 Å². The number of hydrazine groups is 1. The van der Waals surface area contributed by atoms with Gasteiger partial charge in [-0.1, -0.05) is 32.0 Å². The van der Waals surface area contributed by atoms with Gasteiger partial charge in [0.15, 0.2) is 5.76 Å². The molecule has 7 nitrogen and oxygen atoms in total. The van der Waals surface area contributed by atoms with E-state index in [1.807, 2.05) is 24.3 Å². The van der Waals surface area contributed by atoms with E-state index >= 15 is 0 Å². The maximum absolute atomic E-state index is 12.5. The Morgan fingerprint density at radius 2 is 2.00 bits per heavy atom. The van der Waals surface area contributed by atoms with Gasteiger partial charge in [-0.05, 0) is 36.1 Å². The van der Waals surface area contributed by atoms with Crippen molar-refractivity contribution in [3.05, 3.63) is 54.0 Å². The maximum Gasteiger partial charge on any atom is 0.305 e. The van der Waals surface area contributed by atoms with Crippen molar-refractivity contribution in [1.82, 2.24) is 10.9 Å². The zero-order chi connectivity index (χ0) is 19.4. The Hall–Kier alpha value is -3.09. The van der Waals surface area contributed by atoms with Gasteiger partial charge >= 0.3 is 5.91 Å². The molecule has 2 aromatic rings. The SMILES string of the molecule is CC[C@H](C)c1ccccc1N1C[C@H](C(=O)NNC(=O)c2ccco2)CC1=O. The van der Waals surface area contributed by atoms with Crippen LogP contribution in [0.2, 0.25) is 0 Å². The second-order valence-corrected chi connectivity index (χ2v) is 6.69. The van der Waals surface area contributed by atoms with Crippen LogP contribution in [0.1, 0.15) is 48.7 Å². The van der Waals surface area contributed by atoms with Crippen molar-refractivity contribution in [2.24, 2.45) is 5.92 Å². The quantitative estimate of drug-likeness (QED) is 0.793. The van der Waals surface area contributed by atoms with Crippen LogP contribution in [0.15, 0.2) is 47.1 Å². The Bertz CT molecular complexity index is 832. The van der Waals surface area contributed by atoms with Gasteiger partial charge in [0.2, 0.25) is 11.8 Å². The van der Waals surface area contributed by atoms with E-state index < -0.39 is 17.7 Å². The van der Waals surface area contributed by atoms with E-state index in [9.17, 15) is 14.4 Å². The molecule has 1 aromatic carbocycles. The lowest BCUT2D eigenvalue weighted by molar-refractivity contribution is -0.126. The first-order valence-corrected chi connectivity index (χ1v) is 9.04. The summed E-state index contributed by atoms with van der Waals surface area (Å²) in [5.41, 5.74) is 6.64. The first-order chi connectivity index (χ1) is 13.0. The normalized spacial score (nSPS) is 17.6. The van der Waals surface area contributed by atoms with Crippen molar-refractivity contribution in [2.75, 3.05) is 11.4 Å². The van der Waals surface area contributed by atoms with Crippen LogP contribution in [0, 0.1) is 5.92 Å². The predicted octanol–water partition coefficient (Wildman–Crippen LogP) is 2.61. The van der Waals surface area contributed by atoms with Crippen molar-refractivity contribution < 1.29 is 18.8 Å². The van der Waals surface area contributed by atoms with E-state index in [-0.39, 0.29) is 24.6 Å². The number of rotatable bonds is 5. The minimum Gasteiger partial charge on any atom is -0.459 e. The van der Waals surface area contributed by atoms with E-state index in [2.05, 4.69) is 24.7 Å². The maximum atomic E-state index is 12.5. The predicted molar refractivity (Wildman–Crippen MR) is 99.9 cm³/mol. The molecule has 2 heterocycles. The van der Waals surface area contributed by atoms with E-state index in [1.54, 1.807) is 11.0 Å². The smallest absolute Gasteiger partial charge is 0.305 e. The molecule has 0 radical (unpaired) electrons. The third kappa shape index (κ3) is 4.02. The Morgan fingerprint density at radius 3 is 2.70 bits per heavy atom. The summed E-state index contributed by atoms with van der Waals surface area (Å²) in [4.78, 5) is 38.4. The highest BCUT2D eigenvalue weighted by Crippen LogP contribution is 2.33. The van der Waals surface area contributed by atoms with E-state index in [0.717, 1.165) is 17.7 Å².